The van der Waals surface area contributed by atoms with Gasteiger partial charge in [-0.25, -0.2) is 13.6 Å². The maximum absolute atomic E-state index is 13.1. The number of ether oxygens (including phenoxy) is 2. The van der Waals surface area contributed by atoms with E-state index in [0.717, 1.165) is 0 Å². The third kappa shape index (κ3) is 5.39. The summed E-state index contributed by atoms with van der Waals surface area (Å²) in [4.78, 5) is 11.9. The van der Waals surface area contributed by atoms with E-state index in [1.54, 1.807) is 0 Å². The van der Waals surface area contributed by atoms with Crippen LogP contribution in [-0.2, 0) is 9.47 Å². The second-order valence-corrected chi connectivity index (χ2v) is 5.95. The van der Waals surface area contributed by atoms with Crippen molar-refractivity contribution in [2.75, 3.05) is 26.4 Å². The van der Waals surface area contributed by atoms with Gasteiger partial charge in [0.05, 0.1) is 32.5 Å². The molecule has 0 aromatic rings. The van der Waals surface area contributed by atoms with Crippen molar-refractivity contribution in [1.82, 2.24) is 10.6 Å². The van der Waals surface area contributed by atoms with E-state index in [9.17, 15) is 13.6 Å². The van der Waals surface area contributed by atoms with Gasteiger partial charge >= 0.3 is 6.03 Å². The van der Waals surface area contributed by atoms with Crippen LogP contribution < -0.4 is 10.6 Å². The Hall–Kier alpha value is -0.950. The fourth-order valence-corrected chi connectivity index (χ4v) is 2.81. The van der Waals surface area contributed by atoms with Crippen LogP contribution >= 0.6 is 0 Å². The summed E-state index contributed by atoms with van der Waals surface area (Å²) in [5.41, 5.74) is 0. The number of alkyl halides is 2. The molecule has 21 heavy (non-hydrogen) atoms. The molecule has 0 aromatic heterocycles. The van der Waals surface area contributed by atoms with E-state index in [-0.39, 0.29) is 36.9 Å². The van der Waals surface area contributed by atoms with Crippen molar-refractivity contribution in [1.29, 1.82) is 0 Å². The van der Waals surface area contributed by atoms with Crippen LogP contribution in [0.25, 0.3) is 0 Å². The summed E-state index contributed by atoms with van der Waals surface area (Å²) in [7, 11) is 0. The first kappa shape index (κ1) is 16.4. The Labute approximate surface area is 123 Å². The number of nitrogens with one attached hydrogen (secondary N) is 2. The van der Waals surface area contributed by atoms with Gasteiger partial charge in [0.15, 0.2) is 0 Å². The smallest absolute Gasteiger partial charge is 0.315 e. The highest BCUT2D eigenvalue weighted by Crippen LogP contribution is 2.37. The minimum absolute atomic E-state index is 0.0877. The summed E-state index contributed by atoms with van der Waals surface area (Å²) in [6, 6.07) is -0.581. The second-order valence-electron chi connectivity index (χ2n) is 5.95. The lowest BCUT2D eigenvalue weighted by Gasteiger charge is -2.32. The monoisotopic (exact) mass is 306 g/mol. The molecule has 0 aromatic carbocycles. The van der Waals surface area contributed by atoms with E-state index in [2.05, 4.69) is 10.6 Å². The average Bonchev–Trinajstić information content (AvgIpc) is 2.67. The minimum atomic E-state index is -2.53. The predicted octanol–water partition coefficient (Wildman–Crippen LogP) is 1.91. The molecule has 2 aliphatic rings. The molecule has 1 aliphatic heterocycles. The molecule has 2 rings (SSSR count). The van der Waals surface area contributed by atoms with E-state index in [0.29, 0.717) is 39.3 Å². The quantitative estimate of drug-likeness (QED) is 0.837. The van der Waals surface area contributed by atoms with E-state index in [1.807, 2.05) is 6.92 Å². The molecule has 1 unspecified atom stereocenters. The summed E-state index contributed by atoms with van der Waals surface area (Å²) in [6.07, 6.45) is 0.722. The van der Waals surface area contributed by atoms with E-state index in [1.165, 1.54) is 0 Å². The Kier molecular flexibility index (Phi) is 5.75. The Balaban J connectivity index is 1.71. The van der Waals surface area contributed by atoms with Gasteiger partial charge in [-0.2, -0.15) is 0 Å². The SMILES string of the molecule is CC(NC(=O)NC1COCCOC1)C1CCC(F)(F)CC1. The fourth-order valence-electron chi connectivity index (χ4n) is 2.81. The Morgan fingerprint density at radius 2 is 1.76 bits per heavy atom. The molecule has 1 atom stereocenters. The van der Waals surface area contributed by atoms with Crippen LogP contribution in [0.3, 0.4) is 0 Å². The molecule has 0 radical (unpaired) electrons. The summed E-state index contributed by atoms with van der Waals surface area (Å²) in [5.74, 6) is -2.43. The molecule has 1 aliphatic carbocycles. The second kappa shape index (κ2) is 7.35. The molecule has 2 N–H and O–H groups in total. The normalized spacial score (nSPS) is 25.9. The van der Waals surface area contributed by atoms with Crippen LogP contribution in [0.15, 0.2) is 0 Å². The van der Waals surface area contributed by atoms with Crippen molar-refractivity contribution in [3.05, 3.63) is 0 Å². The third-order valence-corrected chi connectivity index (χ3v) is 4.17. The number of carbonyl (C=O) groups excluding carboxylic acids is 1. The molecule has 122 valence electrons. The van der Waals surface area contributed by atoms with Gasteiger partial charge in [-0.3, -0.25) is 0 Å². The van der Waals surface area contributed by atoms with Gasteiger partial charge in [0.2, 0.25) is 5.92 Å². The van der Waals surface area contributed by atoms with Crippen LogP contribution in [0.4, 0.5) is 13.6 Å². The third-order valence-electron chi connectivity index (χ3n) is 4.17. The van der Waals surface area contributed by atoms with Crippen molar-refractivity contribution in [2.24, 2.45) is 5.92 Å². The van der Waals surface area contributed by atoms with Crippen LogP contribution in [0, 0.1) is 5.92 Å². The molecule has 0 spiro atoms. The maximum atomic E-state index is 13.1. The van der Waals surface area contributed by atoms with Gasteiger partial charge in [0.1, 0.15) is 0 Å². The summed E-state index contributed by atoms with van der Waals surface area (Å²) in [5, 5.41) is 5.64. The van der Waals surface area contributed by atoms with Crippen molar-refractivity contribution < 1.29 is 23.0 Å². The lowest BCUT2D eigenvalue weighted by molar-refractivity contribution is -0.0484. The van der Waals surface area contributed by atoms with Gasteiger partial charge in [-0.15, -0.1) is 0 Å². The first-order valence-electron chi connectivity index (χ1n) is 7.56. The summed E-state index contributed by atoms with van der Waals surface area (Å²) >= 11 is 0. The van der Waals surface area contributed by atoms with Crippen molar-refractivity contribution in [3.63, 3.8) is 0 Å². The first-order chi connectivity index (χ1) is 9.96. The van der Waals surface area contributed by atoms with E-state index in [4.69, 9.17) is 9.47 Å². The predicted molar refractivity (Wildman–Crippen MR) is 73.5 cm³/mol. The summed E-state index contributed by atoms with van der Waals surface area (Å²) in [6.45, 7) is 3.79. The Morgan fingerprint density at radius 1 is 1.19 bits per heavy atom. The highest BCUT2D eigenvalue weighted by atomic mass is 19.3. The summed E-state index contributed by atoms with van der Waals surface area (Å²) < 4.78 is 36.9. The van der Waals surface area contributed by atoms with Gasteiger partial charge in [0.25, 0.3) is 0 Å². The number of hydrogen-bond donors (Lipinski definition) is 2. The molecule has 2 amide bonds. The van der Waals surface area contributed by atoms with Crippen LogP contribution in [0.5, 0.6) is 0 Å². The van der Waals surface area contributed by atoms with Gasteiger partial charge in [-0.1, -0.05) is 0 Å². The van der Waals surface area contributed by atoms with Crippen molar-refractivity contribution >= 4 is 6.03 Å². The molecule has 0 bridgehead atoms. The molecule has 1 saturated heterocycles. The van der Waals surface area contributed by atoms with Gasteiger partial charge < -0.3 is 20.1 Å². The minimum Gasteiger partial charge on any atom is -0.377 e. The van der Waals surface area contributed by atoms with E-state index >= 15 is 0 Å². The Bertz CT molecular complexity index is 337. The highest BCUT2D eigenvalue weighted by Gasteiger charge is 2.36. The zero-order valence-electron chi connectivity index (χ0n) is 12.4. The van der Waals surface area contributed by atoms with E-state index < -0.39 is 5.92 Å². The number of carbonyl (C=O) groups is 1. The molecule has 1 saturated carbocycles. The number of amides is 2. The molecule has 7 heteroatoms. The highest BCUT2D eigenvalue weighted by molar-refractivity contribution is 5.74. The zero-order valence-corrected chi connectivity index (χ0v) is 12.4. The molecule has 2 fully saturated rings. The van der Waals surface area contributed by atoms with Crippen LogP contribution in [0.2, 0.25) is 0 Å². The number of hydrogen-bond acceptors (Lipinski definition) is 3. The average molecular weight is 306 g/mol. The molecular formula is C14H24F2N2O3. The van der Waals surface area contributed by atoms with Crippen molar-refractivity contribution in [3.8, 4) is 0 Å². The number of rotatable bonds is 3. The van der Waals surface area contributed by atoms with Crippen molar-refractivity contribution in [2.45, 2.75) is 50.6 Å². The molecule has 5 nitrogen and oxygen atoms in total. The lowest BCUT2D eigenvalue weighted by Crippen LogP contribution is -2.50. The van der Waals surface area contributed by atoms with Crippen LogP contribution in [0.1, 0.15) is 32.6 Å². The lowest BCUT2D eigenvalue weighted by atomic mass is 9.83. The standard InChI is InChI=1S/C14H24F2N2O3/c1-10(11-2-4-14(15,16)5-3-11)17-13(19)18-12-8-20-6-7-21-9-12/h10-12H,2-9H2,1H3,(H2,17,18,19). The fraction of sp³-hybridized carbons (Fsp3) is 0.929. The Morgan fingerprint density at radius 3 is 2.33 bits per heavy atom. The topological polar surface area (TPSA) is 59.6 Å². The molecular weight excluding hydrogens is 282 g/mol. The van der Waals surface area contributed by atoms with Crippen LogP contribution in [-0.4, -0.2) is 50.5 Å². The maximum Gasteiger partial charge on any atom is 0.315 e. The zero-order chi connectivity index (χ0) is 15.3. The molecule has 1 heterocycles. The number of halogens is 2. The largest absolute Gasteiger partial charge is 0.377 e. The van der Waals surface area contributed by atoms with Gasteiger partial charge in [-0.05, 0) is 25.7 Å². The number of urea groups is 1. The van der Waals surface area contributed by atoms with Gasteiger partial charge in [0, 0.05) is 18.9 Å². The first-order valence-corrected chi connectivity index (χ1v) is 7.56.